The third-order valence-corrected chi connectivity index (χ3v) is 4.29. The molecule has 6 heteroatoms. The first-order valence-corrected chi connectivity index (χ1v) is 7.80. The van der Waals surface area contributed by atoms with Crippen molar-refractivity contribution in [2.24, 2.45) is 5.92 Å². The van der Waals surface area contributed by atoms with Crippen molar-refractivity contribution in [3.8, 4) is 5.69 Å². The first kappa shape index (κ1) is 15.3. The van der Waals surface area contributed by atoms with Crippen molar-refractivity contribution < 1.29 is 9.59 Å². The minimum Gasteiger partial charge on any atom is -0.359 e. The second-order valence-corrected chi connectivity index (χ2v) is 5.65. The van der Waals surface area contributed by atoms with Crippen LogP contribution in [0.2, 0.25) is 0 Å². The number of para-hydroxylation sites is 1. The van der Waals surface area contributed by atoms with Crippen LogP contribution in [0, 0.1) is 5.92 Å². The predicted octanol–water partition coefficient (Wildman–Crippen LogP) is 1.47. The third-order valence-electron chi connectivity index (χ3n) is 4.29. The lowest BCUT2D eigenvalue weighted by Gasteiger charge is -2.31. The summed E-state index contributed by atoms with van der Waals surface area (Å²) in [5.74, 6) is 0.0610. The Bertz CT molecular complexity index is 688. The number of piperidine rings is 1. The Morgan fingerprint density at radius 1 is 1.17 bits per heavy atom. The molecular weight excluding hydrogens is 292 g/mol. The lowest BCUT2D eigenvalue weighted by atomic mass is 9.95. The van der Waals surface area contributed by atoms with E-state index in [0.717, 1.165) is 5.69 Å². The molecule has 0 bridgehead atoms. The van der Waals surface area contributed by atoms with Gasteiger partial charge < -0.3 is 10.2 Å². The van der Waals surface area contributed by atoms with E-state index in [1.165, 1.54) is 0 Å². The lowest BCUT2D eigenvalue weighted by molar-refractivity contribution is -0.125. The van der Waals surface area contributed by atoms with Gasteiger partial charge in [0.1, 0.15) is 0 Å². The minimum absolute atomic E-state index is 0.00501. The van der Waals surface area contributed by atoms with E-state index in [9.17, 15) is 9.59 Å². The second-order valence-electron chi connectivity index (χ2n) is 5.65. The van der Waals surface area contributed by atoms with Crippen LogP contribution in [0.15, 0.2) is 42.7 Å². The Balaban J connectivity index is 1.76. The van der Waals surface area contributed by atoms with Gasteiger partial charge in [-0.25, -0.2) is 4.68 Å². The Morgan fingerprint density at radius 2 is 1.91 bits per heavy atom. The van der Waals surface area contributed by atoms with Crippen LogP contribution in [-0.4, -0.2) is 46.6 Å². The Kier molecular flexibility index (Phi) is 4.41. The van der Waals surface area contributed by atoms with Crippen LogP contribution in [0.4, 0.5) is 0 Å². The van der Waals surface area contributed by atoms with Crippen molar-refractivity contribution in [1.29, 1.82) is 0 Å². The third kappa shape index (κ3) is 3.11. The number of carbonyl (C=O) groups excluding carboxylic acids is 2. The summed E-state index contributed by atoms with van der Waals surface area (Å²) in [5.41, 5.74) is 1.41. The van der Waals surface area contributed by atoms with Gasteiger partial charge in [0.15, 0.2) is 0 Å². The fraction of sp³-hybridized carbons (Fsp3) is 0.353. The van der Waals surface area contributed by atoms with Gasteiger partial charge in [-0.15, -0.1) is 0 Å². The highest BCUT2D eigenvalue weighted by Gasteiger charge is 2.28. The van der Waals surface area contributed by atoms with E-state index in [4.69, 9.17) is 0 Å². The zero-order chi connectivity index (χ0) is 16.2. The number of hydrogen-bond acceptors (Lipinski definition) is 3. The molecule has 2 aromatic rings. The Hall–Kier alpha value is -2.63. The lowest BCUT2D eigenvalue weighted by Crippen LogP contribution is -2.42. The maximum Gasteiger partial charge on any atom is 0.256 e. The predicted molar refractivity (Wildman–Crippen MR) is 86.3 cm³/mol. The average molecular weight is 312 g/mol. The molecule has 2 amide bonds. The first-order chi connectivity index (χ1) is 11.2. The summed E-state index contributed by atoms with van der Waals surface area (Å²) in [4.78, 5) is 26.4. The molecule has 1 aliphatic rings. The number of benzene rings is 1. The first-order valence-electron chi connectivity index (χ1n) is 7.80. The summed E-state index contributed by atoms with van der Waals surface area (Å²) < 4.78 is 1.70. The molecule has 1 saturated heterocycles. The van der Waals surface area contributed by atoms with Gasteiger partial charge in [-0.05, 0) is 31.0 Å². The van der Waals surface area contributed by atoms with Crippen LogP contribution in [-0.2, 0) is 4.79 Å². The standard InChI is InChI=1S/C17H20N4O2/c1-18-16(22)13-7-11-20(12-8-13)17(23)14-5-2-3-6-15(14)21-10-4-9-19-21/h2-6,9-10,13H,7-8,11-12H2,1H3,(H,18,22). The van der Waals surface area contributed by atoms with Gasteiger partial charge in [-0.3, -0.25) is 9.59 Å². The van der Waals surface area contributed by atoms with Crippen molar-refractivity contribution in [2.45, 2.75) is 12.8 Å². The van der Waals surface area contributed by atoms with Crippen LogP contribution in [0.3, 0.4) is 0 Å². The zero-order valence-electron chi connectivity index (χ0n) is 13.1. The van der Waals surface area contributed by atoms with E-state index in [2.05, 4.69) is 10.4 Å². The van der Waals surface area contributed by atoms with Crippen LogP contribution in [0.1, 0.15) is 23.2 Å². The van der Waals surface area contributed by atoms with Gasteiger partial charge in [0, 0.05) is 38.4 Å². The summed E-state index contributed by atoms with van der Waals surface area (Å²) in [7, 11) is 1.65. The molecule has 0 atom stereocenters. The molecule has 23 heavy (non-hydrogen) atoms. The van der Waals surface area contributed by atoms with E-state index >= 15 is 0 Å². The normalized spacial score (nSPS) is 15.4. The van der Waals surface area contributed by atoms with Gasteiger partial charge in [0.25, 0.3) is 5.91 Å². The SMILES string of the molecule is CNC(=O)C1CCN(C(=O)c2ccccc2-n2cccn2)CC1. The molecule has 1 aromatic heterocycles. The maximum atomic E-state index is 12.8. The molecule has 0 aliphatic carbocycles. The monoisotopic (exact) mass is 312 g/mol. The van der Waals surface area contributed by atoms with Gasteiger partial charge in [0.05, 0.1) is 11.3 Å². The molecule has 0 spiro atoms. The molecule has 3 rings (SSSR count). The molecule has 6 nitrogen and oxygen atoms in total. The van der Waals surface area contributed by atoms with E-state index in [-0.39, 0.29) is 17.7 Å². The Morgan fingerprint density at radius 3 is 2.57 bits per heavy atom. The average Bonchev–Trinajstić information content (AvgIpc) is 3.15. The summed E-state index contributed by atoms with van der Waals surface area (Å²) in [6.45, 7) is 1.20. The summed E-state index contributed by atoms with van der Waals surface area (Å²) >= 11 is 0. The molecule has 0 radical (unpaired) electrons. The molecule has 1 fully saturated rings. The number of hydrogen-bond donors (Lipinski definition) is 1. The highest BCUT2D eigenvalue weighted by molar-refractivity contribution is 5.98. The number of nitrogens with one attached hydrogen (secondary N) is 1. The Labute approximate surface area is 135 Å². The zero-order valence-corrected chi connectivity index (χ0v) is 13.1. The summed E-state index contributed by atoms with van der Waals surface area (Å²) in [6.07, 6.45) is 4.92. The molecule has 1 N–H and O–H groups in total. The van der Waals surface area contributed by atoms with Gasteiger partial charge in [0.2, 0.25) is 5.91 Å². The molecule has 1 aromatic carbocycles. The van der Waals surface area contributed by atoms with Crippen molar-refractivity contribution >= 4 is 11.8 Å². The summed E-state index contributed by atoms with van der Waals surface area (Å²) in [5, 5.41) is 6.90. The number of aromatic nitrogens is 2. The molecule has 120 valence electrons. The van der Waals surface area contributed by atoms with Crippen LogP contribution in [0.25, 0.3) is 5.69 Å². The fourth-order valence-corrected chi connectivity index (χ4v) is 2.98. The molecular formula is C17H20N4O2. The second kappa shape index (κ2) is 6.64. The maximum absolute atomic E-state index is 12.8. The highest BCUT2D eigenvalue weighted by atomic mass is 16.2. The topological polar surface area (TPSA) is 67.2 Å². The highest BCUT2D eigenvalue weighted by Crippen LogP contribution is 2.21. The number of amides is 2. The van der Waals surface area contributed by atoms with Crippen molar-refractivity contribution in [3.63, 3.8) is 0 Å². The largest absolute Gasteiger partial charge is 0.359 e. The van der Waals surface area contributed by atoms with E-state index < -0.39 is 0 Å². The van der Waals surface area contributed by atoms with Crippen molar-refractivity contribution in [2.75, 3.05) is 20.1 Å². The fourth-order valence-electron chi connectivity index (χ4n) is 2.98. The van der Waals surface area contributed by atoms with Crippen LogP contribution in [0.5, 0.6) is 0 Å². The number of likely N-dealkylation sites (tertiary alicyclic amines) is 1. The van der Waals surface area contributed by atoms with Crippen molar-refractivity contribution in [3.05, 3.63) is 48.3 Å². The molecule has 2 heterocycles. The number of carbonyl (C=O) groups is 2. The van der Waals surface area contributed by atoms with E-state index in [1.807, 2.05) is 41.4 Å². The minimum atomic E-state index is -0.00791. The molecule has 1 aliphatic heterocycles. The molecule has 0 saturated carbocycles. The van der Waals surface area contributed by atoms with E-state index in [1.54, 1.807) is 17.9 Å². The number of nitrogens with zero attached hydrogens (tertiary/aromatic N) is 3. The van der Waals surface area contributed by atoms with Gasteiger partial charge in [-0.1, -0.05) is 12.1 Å². The smallest absolute Gasteiger partial charge is 0.256 e. The summed E-state index contributed by atoms with van der Waals surface area (Å²) in [6, 6.07) is 9.29. The van der Waals surface area contributed by atoms with Crippen molar-refractivity contribution in [1.82, 2.24) is 20.0 Å². The van der Waals surface area contributed by atoms with Crippen LogP contribution < -0.4 is 5.32 Å². The van der Waals surface area contributed by atoms with Gasteiger partial charge in [-0.2, -0.15) is 5.10 Å². The molecule has 0 unspecified atom stereocenters. The number of rotatable bonds is 3. The van der Waals surface area contributed by atoms with E-state index in [0.29, 0.717) is 31.5 Å². The quantitative estimate of drug-likeness (QED) is 0.933. The van der Waals surface area contributed by atoms with Crippen LogP contribution >= 0.6 is 0 Å². The van der Waals surface area contributed by atoms with Gasteiger partial charge >= 0.3 is 0 Å².